The lowest BCUT2D eigenvalue weighted by molar-refractivity contribution is -0.176. The summed E-state index contributed by atoms with van der Waals surface area (Å²) in [7, 11) is 0. The molecule has 1 N–H and O–H groups in total. The molecule has 1 aliphatic rings. The molecule has 1 fully saturated rings. The van der Waals surface area contributed by atoms with Gasteiger partial charge in [-0.2, -0.15) is 13.2 Å². The van der Waals surface area contributed by atoms with Crippen LogP contribution in [0.25, 0.3) is 0 Å². The number of carbonyl (C=O) groups is 1. The van der Waals surface area contributed by atoms with Gasteiger partial charge in [0.2, 0.25) is 5.91 Å². The van der Waals surface area contributed by atoms with Crippen LogP contribution in [0.5, 0.6) is 0 Å². The molecule has 1 aliphatic carbocycles. The zero-order chi connectivity index (χ0) is 17.3. The molecule has 3 nitrogen and oxygen atoms in total. The molecular weight excluding hydrogens is 354 g/mol. The third-order valence-corrected chi connectivity index (χ3v) is 4.87. The second-order valence-electron chi connectivity index (χ2n) is 5.82. The molecule has 1 atom stereocenters. The number of hydrogen-bond acceptors (Lipinski definition) is 2. The highest BCUT2D eigenvalue weighted by atomic mass is 35.5. The predicted octanol–water partition coefficient (Wildman–Crippen LogP) is 3.97. The molecule has 8 heteroatoms. The summed E-state index contributed by atoms with van der Waals surface area (Å²) in [6, 6.07) is 6.75. The number of nitrogens with one attached hydrogen (secondary N) is 1. The topological polar surface area (TPSA) is 38.3 Å². The van der Waals surface area contributed by atoms with Crippen molar-refractivity contribution in [2.24, 2.45) is 5.41 Å². The van der Waals surface area contributed by atoms with Crippen molar-refractivity contribution >= 4 is 29.1 Å². The van der Waals surface area contributed by atoms with Crippen molar-refractivity contribution in [1.82, 2.24) is 5.32 Å². The van der Waals surface area contributed by atoms with Gasteiger partial charge in [-0.05, 0) is 24.5 Å². The first-order chi connectivity index (χ1) is 10.5. The van der Waals surface area contributed by atoms with Crippen LogP contribution in [0, 0.1) is 5.41 Å². The number of carbonyl (C=O) groups excluding carboxylic acids is 1. The highest BCUT2D eigenvalue weighted by Crippen LogP contribution is 2.63. The predicted molar refractivity (Wildman–Crippen MR) is 81.2 cm³/mol. The molecule has 1 saturated carbocycles. The van der Waals surface area contributed by atoms with Gasteiger partial charge in [0.25, 0.3) is 0 Å². The number of halogens is 5. The van der Waals surface area contributed by atoms with E-state index in [1.165, 1.54) is 0 Å². The van der Waals surface area contributed by atoms with E-state index in [2.05, 4.69) is 10.1 Å². The fourth-order valence-corrected chi connectivity index (χ4v) is 2.77. The van der Waals surface area contributed by atoms with Crippen molar-refractivity contribution < 1.29 is 22.7 Å². The molecule has 0 aromatic heterocycles. The maximum absolute atomic E-state index is 12.0. The van der Waals surface area contributed by atoms with Crippen LogP contribution in [0.1, 0.15) is 24.5 Å². The van der Waals surface area contributed by atoms with Crippen molar-refractivity contribution in [3.05, 3.63) is 35.4 Å². The quantitative estimate of drug-likeness (QED) is 0.770. The minimum atomic E-state index is -4.33. The van der Waals surface area contributed by atoms with Crippen LogP contribution >= 0.6 is 23.2 Å². The lowest BCUT2D eigenvalue weighted by Gasteiger charge is -2.13. The molecule has 128 valence electrons. The van der Waals surface area contributed by atoms with Gasteiger partial charge in [0.15, 0.2) is 0 Å². The lowest BCUT2D eigenvalue weighted by Crippen LogP contribution is -2.32. The van der Waals surface area contributed by atoms with Crippen molar-refractivity contribution in [2.75, 3.05) is 6.61 Å². The molecule has 1 aromatic carbocycles. The highest BCUT2D eigenvalue weighted by molar-refractivity contribution is 6.53. The zero-order valence-corrected chi connectivity index (χ0v) is 13.9. The Morgan fingerprint density at radius 3 is 2.26 bits per heavy atom. The molecule has 2 rings (SSSR count). The van der Waals surface area contributed by atoms with Gasteiger partial charge in [-0.1, -0.05) is 24.3 Å². The van der Waals surface area contributed by atoms with Gasteiger partial charge in [0.1, 0.15) is 10.9 Å². The Labute approximate surface area is 142 Å². The zero-order valence-electron chi connectivity index (χ0n) is 12.3. The Kier molecular flexibility index (Phi) is 5.18. The molecule has 0 bridgehead atoms. The van der Waals surface area contributed by atoms with Crippen LogP contribution in [-0.2, 0) is 22.7 Å². The lowest BCUT2D eigenvalue weighted by atomic mass is 10.1. The van der Waals surface area contributed by atoms with E-state index in [4.69, 9.17) is 23.2 Å². The van der Waals surface area contributed by atoms with Gasteiger partial charge < -0.3 is 10.1 Å². The minimum Gasteiger partial charge on any atom is -0.367 e. The van der Waals surface area contributed by atoms with Crippen LogP contribution < -0.4 is 5.32 Å². The molecule has 1 unspecified atom stereocenters. The Balaban J connectivity index is 1.78. The fourth-order valence-electron chi connectivity index (χ4n) is 2.06. The first-order valence-electron chi connectivity index (χ1n) is 6.92. The number of amides is 1. The average molecular weight is 370 g/mol. The molecule has 1 amide bonds. The summed E-state index contributed by atoms with van der Waals surface area (Å²) >= 11 is 11.9. The van der Waals surface area contributed by atoms with Gasteiger partial charge in [-0.15, -0.1) is 23.2 Å². The number of rotatable bonds is 6. The smallest absolute Gasteiger partial charge is 0.367 e. The molecule has 0 radical (unpaired) electrons. The first kappa shape index (κ1) is 18.4. The normalized spacial score (nSPS) is 22.7. The van der Waals surface area contributed by atoms with Gasteiger partial charge in [-0.25, -0.2) is 0 Å². The molecule has 23 heavy (non-hydrogen) atoms. The van der Waals surface area contributed by atoms with E-state index in [0.717, 1.165) is 5.56 Å². The van der Waals surface area contributed by atoms with Gasteiger partial charge in [0.05, 0.1) is 12.0 Å². The van der Waals surface area contributed by atoms with Crippen LogP contribution in [0.4, 0.5) is 13.2 Å². The van der Waals surface area contributed by atoms with E-state index in [1.54, 1.807) is 31.2 Å². The summed E-state index contributed by atoms with van der Waals surface area (Å²) < 4.78 is 39.5. The third kappa shape index (κ3) is 4.75. The minimum absolute atomic E-state index is 0.120. The van der Waals surface area contributed by atoms with Crippen molar-refractivity contribution in [1.29, 1.82) is 0 Å². The van der Waals surface area contributed by atoms with E-state index in [1.807, 2.05) is 0 Å². The van der Waals surface area contributed by atoms with Crippen molar-refractivity contribution in [2.45, 2.75) is 37.0 Å². The first-order valence-corrected chi connectivity index (χ1v) is 7.68. The van der Waals surface area contributed by atoms with Gasteiger partial charge in [0, 0.05) is 6.54 Å². The van der Waals surface area contributed by atoms with Crippen LogP contribution in [-0.4, -0.2) is 23.0 Å². The second-order valence-corrected chi connectivity index (χ2v) is 7.30. The van der Waals surface area contributed by atoms with Crippen molar-refractivity contribution in [3.63, 3.8) is 0 Å². The summed E-state index contributed by atoms with van der Waals surface area (Å²) in [4.78, 5) is 12.0. The summed E-state index contributed by atoms with van der Waals surface area (Å²) in [5.41, 5.74) is 0.664. The second kappa shape index (κ2) is 6.49. The standard InChI is InChI=1S/C15H16Cl2F3NO2/c1-13(8-14(13,16)17)12(22)21-6-10-2-4-11(5-3-10)7-23-9-15(18,19)20/h2-5H,6-9H2,1H3,(H,21,22). The van der Waals surface area contributed by atoms with E-state index in [9.17, 15) is 18.0 Å². The van der Waals surface area contributed by atoms with Crippen LogP contribution in [0.3, 0.4) is 0 Å². The van der Waals surface area contributed by atoms with Gasteiger partial charge in [-0.3, -0.25) is 4.79 Å². The summed E-state index contributed by atoms with van der Waals surface area (Å²) in [6.07, 6.45) is -3.92. The molecule has 1 aromatic rings. The Bertz CT molecular complexity index is 575. The van der Waals surface area contributed by atoms with E-state index in [-0.39, 0.29) is 12.5 Å². The fraction of sp³-hybridized carbons (Fsp3) is 0.533. The van der Waals surface area contributed by atoms with E-state index in [0.29, 0.717) is 18.5 Å². The summed E-state index contributed by atoms with van der Waals surface area (Å²) in [5.74, 6) is -0.222. The molecular formula is C15H16Cl2F3NO2. The Morgan fingerprint density at radius 1 is 1.26 bits per heavy atom. The highest BCUT2D eigenvalue weighted by Gasteiger charge is 2.67. The Morgan fingerprint density at radius 2 is 1.78 bits per heavy atom. The molecule has 0 heterocycles. The maximum Gasteiger partial charge on any atom is 0.411 e. The average Bonchev–Trinajstić information content (AvgIpc) is 2.96. The third-order valence-electron chi connectivity index (χ3n) is 3.77. The van der Waals surface area contributed by atoms with Crippen LogP contribution in [0.15, 0.2) is 24.3 Å². The summed E-state index contributed by atoms with van der Waals surface area (Å²) in [5, 5.41) is 2.75. The largest absolute Gasteiger partial charge is 0.411 e. The SMILES string of the molecule is CC1(C(=O)NCc2ccc(COCC(F)(F)F)cc2)CC1(Cl)Cl. The number of hydrogen-bond donors (Lipinski definition) is 1. The monoisotopic (exact) mass is 369 g/mol. The molecule has 0 spiro atoms. The van der Waals surface area contributed by atoms with E-state index < -0.39 is 22.5 Å². The van der Waals surface area contributed by atoms with Gasteiger partial charge >= 0.3 is 6.18 Å². The Hall–Kier alpha value is -0.980. The number of ether oxygens (including phenoxy) is 1. The molecule has 0 aliphatic heterocycles. The summed E-state index contributed by atoms with van der Waals surface area (Å²) in [6.45, 7) is 0.596. The molecule has 0 saturated heterocycles. The number of benzene rings is 1. The maximum atomic E-state index is 12.0. The number of alkyl halides is 5. The van der Waals surface area contributed by atoms with E-state index >= 15 is 0 Å². The van der Waals surface area contributed by atoms with Crippen LogP contribution in [0.2, 0.25) is 0 Å². The van der Waals surface area contributed by atoms with Crippen molar-refractivity contribution in [3.8, 4) is 0 Å².